The Morgan fingerprint density at radius 1 is 1.11 bits per heavy atom. The maximum atomic E-state index is 14.4. The summed E-state index contributed by atoms with van der Waals surface area (Å²) in [6.07, 6.45) is 0. The zero-order valence-electron chi connectivity index (χ0n) is 12.4. The van der Waals surface area contributed by atoms with E-state index in [0.717, 1.165) is 5.69 Å². The molecule has 1 aliphatic rings. The first kappa shape index (κ1) is 14.3. The summed E-state index contributed by atoms with van der Waals surface area (Å²) in [5, 5.41) is 2.96. The molecule has 0 spiro atoms. The smallest absolute Gasteiger partial charge is 0.399 e. The first-order valence-corrected chi connectivity index (χ1v) is 6.52. The molecule has 2 rings (SSSR count). The molecule has 3 nitrogen and oxygen atoms in total. The molecule has 19 heavy (non-hydrogen) atoms. The molecule has 0 aliphatic carbocycles. The van der Waals surface area contributed by atoms with Gasteiger partial charge in [0.2, 0.25) is 0 Å². The number of nitrogens with one attached hydrogen (secondary N) is 1. The van der Waals surface area contributed by atoms with Crippen molar-refractivity contribution < 1.29 is 13.7 Å². The average molecular weight is 265 g/mol. The molecule has 0 atom stereocenters. The molecule has 0 bridgehead atoms. The van der Waals surface area contributed by atoms with Gasteiger partial charge in [0, 0.05) is 23.8 Å². The molecule has 1 aromatic rings. The minimum atomic E-state index is -0.658. The van der Waals surface area contributed by atoms with Gasteiger partial charge in [0.25, 0.3) is 0 Å². The van der Waals surface area contributed by atoms with Crippen molar-refractivity contribution >= 4 is 18.3 Å². The Morgan fingerprint density at radius 2 is 1.63 bits per heavy atom. The fourth-order valence-corrected chi connectivity index (χ4v) is 2.13. The second kappa shape index (κ2) is 4.49. The maximum absolute atomic E-state index is 14.4. The summed E-state index contributed by atoms with van der Waals surface area (Å²) in [7, 11) is 1.12. The van der Waals surface area contributed by atoms with Crippen LogP contribution >= 0.6 is 0 Å². The third-order valence-electron chi connectivity index (χ3n) is 4.19. The highest BCUT2D eigenvalue weighted by Gasteiger charge is 2.52. The lowest BCUT2D eigenvalue weighted by Crippen LogP contribution is -2.41. The Balaban J connectivity index is 2.38. The van der Waals surface area contributed by atoms with E-state index in [-0.39, 0.29) is 5.82 Å². The molecule has 1 N–H and O–H groups in total. The SMILES string of the molecule is CNc1ccc(B2OC(C)(C)C(C)(C)O2)c(F)c1C. The summed E-state index contributed by atoms with van der Waals surface area (Å²) in [5.41, 5.74) is 0.891. The lowest BCUT2D eigenvalue weighted by atomic mass is 9.77. The molecule has 0 saturated carbocycles. The molecule has 1 saturated heterocycles. The Bertz CT molecular complexity index is 486. The second-order valence-corrected chi connectivity index (χ2v) is 5.98. The Kier molecular flexibility index (Phi) is 3.39. The van der Waals surface area contributed by atoms with Crippen molar-refractivity contribution in [2.24, 2.45) is 0 Å². The standard InChI is InChI=1S/C14H21BFNO2/c1-9-11(17-6)8-7-10(12(9)16)15-18-13(2,3)14(4,5)19-15/h7-8,17H,1-6H3. The van der Waals surface area contributed by atoms with Gasteiger partial charge in [-0.05, 0) is 40.7 Å². The molecule has 0 unspecified atom stereocenters. The van der Waals surface area contributed by atoms with Crippen molar-refractivity contribution in [3.63, 3.8) is 0 Å². The number of halogens is 1. The van der Waals surface area contributed by atoms with Crippen LogP contribution < -0.4 is 10.8 Å². The van der Waals surface area contributed by atoms with Crippen LogP contribution in [0.15, 0.2) is 12.1 Å². The number of benzene rings is 1. The largest absolute Gasteiger partial charge is 0.497 e. The van der Waals surface area contributed by atoms with Crippen molar-refractivity contribution in [2.45, 2.75) is 45.8 Å². The minimum Gasteiger partial charge on any atom is -0.399 e. The van der Waals surface area contributed by atoms with Crippen molar-refractivity contribution in [3.05, 3.63) is 23.5 Å². The van der Waals surface area contributed by atoms with Crippen LogP contribution in [0.2, 0.25) is 0 Å². The van der Waals surface area contributed by atoms with Crippen molar-refractivity contribution in [1.29, 1.82) is 0 Å². The van der Waals surface area contributed by atoms with E-state index in [2.05, 4.69) is 5.32 Å². The Hall–Kier alpha value is -1.07. The monoisotopic (exact) mass is 265 g/mol. The molecule has 1 fully saturated rings. The first-order chi connectivity index (χ1) is 8.69. The molecule has 104 valence electrons. The molecule has 5 heteroatoms. The number of rotatable bonds is 2. The predicted octanol–water partition coefficient (Wildman–Crippen LogP) is 2.48. The normalized spacial score (nSPS) is 20.7. The van der Waals surface area contributed by atoms with Crippen LogP contribution in [0.5, 0.6) is 0 Å². The fourth-order valence-electron chi connectivity index (χ4n) is 2.13. The van der Waals surface area contributed by atoms with E-state index in [1.807, 2.05) is 33.8 Å². The van der Waals surface area contributed by atoms with Crippen molar-refractivity contribution in [1.82, 2.24) is 0 Å². The van der Waals surface area contributed by atoms with Gasteiger partial charge in [0.1, 0.15) is 5.82 Å². The molecular formula is C14H21BFNO2. The van der Waals surface area contributed by atoms with Crippen LogP contribution in [-0.4, -0.2) is 25.4 Å². The van der Waals surface area contributed by atoms with Crippen LogP contribution in [0.25, 0.3) is 0 Å². The maximum Gasteiger partial charge on any atom is 0.497 e. The van der Waals surface area contributed by atoms with Gasteiger partial charge in [-0.25, -0.2) is 4.39 Å². The lowest BCUT2D eigenvalue weighted by molar-refractivity contribution is 0.00578. The van der Waals surface area contributed by atoms with Crippen LogP contribution in [0.4, 0.5) is 10.1 Å². The van der Waals surface area contributed by atoms with Gasteiger partial charge < -0.3 is 14.6 Å². The van der Waals surface area contributed by atoms with Crippen LogP contribution in [0.3, 0.4) is 0 Å². The summed E-state index contributed by atoms with van der Waals surface area (Å²) in [4.78, 5) is 0. The molecule has 0 aromatic heterocycles. The first-order valence-electron chi connectivity index (χ1n) is 6.52. The Morgan fingerprint density at radius 3 is 2.11 bits per heavy atom. The van der Waals surface area contributed by atoms with Crippen LogP contribution in [0, 0.1) is 12.7 Å². The molecule has 0 radical (unpaired) electrons. The topological polar surface area (TPSA) is 30.5 Å². The van der Waals surface area contributed by atoms with Gasteiger partial charge in [0.15, 0.2) is 0 Å². The third-order valence-corrected chi connectivity index (χ3v) is 4.19. The van der Waals surface area contributed by atoms with E-state index in [0.29, 0.717) is 11.0 Å². The number of hydrogen-bond donors (Lipinski definition) is 1. The average Bonchev–Trinajstić information content (AvgIpc) is 2.51. The van der Waals surface area contributed by atoms with E-state index in [4.69, 9.17) is 9.31 Å². The van der Waals surface area contributed by atoms with E-state index in [1.165, 1.54) is 0 Å². The molecule has 1 aliphatic heterocycles. The highest BCUT2D eigenvalue weighted by molar-refractivity contribution is 6.62. The van der Waals surface area contributed by atoms with E-state index < -0.39 is 18.3 Å². The summed E-state index contributed by atoms with van der Waals surface area (Å²) >= 11 is 0. The third kappa shape index (κ3) is 2.25. The fraction of sp³-hybridized carbons (Fsp3) is 0.571. The summed E-state index contributed by atoms with van der Waals surface area (Å²) in [5.74, 6) is -0.273. The van der Waals surface area contributed by atoms with Crippen molar-refractivity contribution in [2.75, 3.05) is 12.4 Å². The number of anilines is 1. The van der Waals surface area contributed by atoms with Gasteiger partial charge in [-0.2, -0.15) is 0 Å². The quantitative estimate of drug-likeness (QED) is 0.833. The van der Waals surface area contributed by atoms with E-state index in [1.54, 1.807) is 20.0 Å². The van der Waals surface area contributed by atoms with Crippen LogP contribution in [-0.2, 0) is 9.31 Å². The highest BCUT2D eigenvalue weighted by Crippen LogP contribution is 2.36. The van der Waals surface area contributed by atoms with Crippen molar-refractivity contribution in [3.8, 4) is 0 Å². The van der Waals surface area contributed by atoms with Gasteiger partial charge in [-0.3, -0.25) is 0 Å². The summed E-state index contributed by atoms with van der Waals surface area (Å²) < 4.78 is 26.2. The van der Waals surface area contributed by atoms with Gasteiger partial charge in [-0.15, -0.1) is 0 Å². The highest BCUT2D eigenvalue weighted by atomic mass is 19.1. The van der Waals surface area contributed by atoms with Gasteiger partial charge >= 0.3 is 7.12 Å². The predicted molar refractivity (Wildman–Crippen MR) is 76.4 cm³/mol. The van der Waals surface area contributed by atoms with Gasteiger partial charge in [0.05, 0.1) is 11.2 Å². The molecular weight excluding hydrogens is 244 g/mol. The minimum absolute atomic E-state index is 0.273. The summed E-state index contributed by atoms with van der Waals surface area (Å²) in [6.45, 7) is 9.58. The Labute approximate surface area is 114 Å². The number of hydrogen-bond acceptors (Lipinski definition) is 3. The van der Waals surface area contributed by atoms with Crippen LogP contribution in [0.1, 0.15) is 33.3 Å². The summed E-state index contributed by atoms with van der Waals surface area (Å²) in [6, 6.07) is 3.56. The molecule has 0 amide bonds. The second-order valence-electron chi connectivity index (χ2n) is 5.98. The van der Waals surface area contributed by atoms with E-state index in [9.17, 15) is 4.39 Å². The lowest BCUT2D eigenvalue weighted by Gasteiger charge is -2.32. The zero-order chi connectivity index (χ0) is 14.4. The van der Waals surface area contributed by atoms with Gasteiger partial charge in [-0.1, -0.05) is 6.07 Å². The van der Waals surface area contributed by atoms with E-state index >= 15 is 0 Å². The molecule has 1 aromatic carbocycles. The zero-order valence-corrected chi connectivity index (χ0v) is 12.4. The molecule has 1 heterocycles.